The normalized spacial score (nSPS) is 24.5. The van der Waals surface area contributed by atoms with Crippen molar-refractivity contribution in [3.63, 3.8) is 0 Å². The Kier molecular flexibility index (Phi) is 34.0. The Hall–Kier alpha value is -11.4. The van der Waals surface area contributed by atoms with E-state index in [0.717, 1.165) is 69.8 Å². The first-order valence-corrected chi connectivity index (χ1v) is 49.0. The quantitative estimate of drug-likeness (QED) is 0.0134. The van der Waals surface area contributed by atoms with Gasteiger partial charge < -0.3 is 94.0 Å². The van der Waals surface area contributed by atoms with E-state index < -0.39 is 200 Å². The standard InChI is InChI=1S/2C35H51N5O7.C32H49N5O7/c1-33(2,3)27(39-32(46)38-24(20-15-10-9-11-16-20)31(45)47-34(4,5)6)30(44)40-18-21-23(35(21,7)8)25(40)29(43)37-22(26(41)28(36)42)17-19-13-12-14-19;1-8-19(2)25(32(45)47-18-21-12-10-9-11-13-21)38-33(46)39-28(34(3,4)5)31(44)40-17-22-24(35(22,6)7)26(40)30(43)37-23(16-20-14-15-20)27(41)29(36)42;1-7-15-44-28(42)32(13-9-8-10-14-32)36-29(43)35-24(30(2,3)4)27(41)37-17-19-21(31(19,5)6)22(37)26(40)34-20(16-18-11-12-18)23(38)25(33)39/h9-11,15-16,19,21-25,27H,12-14,17-18H2,1-8H3,(H2,36,42)(H,37,43)(H2,38,39,46);9-13,19-20,22-26,28H,8,14-18H2,1-7H3,(H2,36,42)(H,37,43)(H2,38,39,46);7,18-22,24H,1,8-17H2,2-6H3,(H2,33,39)(H,34,40)(H2,35,36,43)/t21-,22?,23-,24+,25-,27+;19-,22+,23?,24+,25+,26+,28-;19-,20?,21-,22-,24+/m010/s1. The largest absolute Gasteiger partial charge is 0.460 e. The molecular formula is C102H151N15O21. The summed E-state index contributed by atoms with van der Waals surface area (Å²) in [6.45, 7) is 42.1. The number of nitrogens with one attached hydrogen (secondary N) is 9. The molecule has 3 heterocycles. The topological polar surface area (TPSA) is 531 Å². The van der Waals surface area contributed by atoms with Crippen molar-refractivity contribution in [3.8, 4) is 0 Å². The predicted octanol–water partition coefficient (Wildman–Crippen LogP) is 7.63. The molecule has 10 aliphatic rings. The third kappa shape index (κ3) is 26.2. The molecule has 0 aromatic heterocycles. The molecule has 15 N–H and O–H groups in total. The van der Waals surface area contributed by atoms with Crippen LogP contribution < -0.4 is 65.1 Å². The van der Waals surface area contributed by atoms with Crippen molar-refractivity contribution in [2.24, 2.45) is 109 Å². The number of primary amides is 3. The average Bonchev–Trinajstić information content (AvgIpc) is 1.53. The predicted molar refractivity (Wildman–Crippen MR) is 510 cm³/mol. The zero-order chi connectivity index (χ0) is 103. The van der Waals surface area contributed by atoms with E-state index in [4.69, 9.17) is 31.4 Å². The van der Waals surface area contributed by atoms with Gasteiger partial charge in [0.15, 0.2) is 6.04 Å². The molecule has 10 fully saturated rings. The van der Waals surface area contributed by atoms with Crippen LogP contribution >= 0.6 is 0 Å². The molecule has 12 rings (SSSR count). The highest BCUT2D eigenvalue weighted by Crippen LogP contribution is 2.67. The lowest BCUT2D eigenvalue weighted by atomic mass is 9.80. The van der Waals surface area contributed by atoms with E-state index in [1.807, 2.05) is 127 Å². The number of benzene rings is 2. The third-order valence-corrected chi connectivity index (χ3v) is 30.2. The molecule has 3 saturated heterocycles. The molecule has 36 heteroatoms. The number of carbonyl (C=O) groups is 18. The number of hydrogen-bond acceptors (Lipinski definition) is 21. The third-order valence-electron chi connectivity index (χ3n) is 30.2. The van der Waals surface area contributed by atoms with Crippen LogP contribution in [-0.4, -0.2) is 219 Å². The van der Waals surface area contributed by atoms with Gasteiger partial charge in [-0.15, -0.1) is 0 Å². The number of Topliss-reactive ketones (excluding diaryl/α,β-unsaturated/α-hetero) is 3. The average molecular weight is 1920 g/mol. The van der Waals surface area contributed by atoms with Gasteiger partial charge in [-0.25, -0.2) is 28.8 Å². The minimum absolute atomic E-state index is 0.0244. The highest BCUT2D eigenvalue weighted by Gasteiger charge is 2.73. The number of hydrogen-bond donors (Lipinski definition) is 12. The lowest BCUT2D eigenvalue weighted by Crippen LogP contribution is -2.64. The number of ketones is 3. The second kappa shape index (κ2) is 43.2. The van der Waals surface area contributed by atoms with E-state index in [2.05, 4.69) is 54.4 Å². The number of piperidine rings is 3. The van der Waals surface area contributed by atoms with Crippen molar-refractivity contribution in [2.75, 3.05) is 26.2 Å². The van der Waals surface area contributed by atoms with Crippen LogP contribution in [0.1, 0.15) is 258 Å². The molecule has 0 spiro atoms. The first-order valence-electron chi connectivity index (χ1n) is 49.0. The van der Waals surface area contributed by atoms with E-state index in [0.29, 0.717) is 63.7 Å². The van der Waals surface area contributed by atoms with E-state index in [1.54, 1.807) is 71.9 Å². The molecule has 15 amide bonds. The fourth-order valence-corrected chi connectivity index (χ4v) is 20.9. The molecule has 0 radical (unpaired) electrons. The smallest absolute Gasteiger partial charge is 0.333 e. The molecule has 0 bridgehead atoms. The number of nitrogens with zero attached hydrogens (tertiary/aromatic N) is 3. The van der Waals surface area contributed by atoms with Crippen LogP contribution in [0.2, 0.25) is 0 Å². The lowest BCUT2D eigenvalue weighted by molar-refractivity contribution is -0.157. The van der Waals surface area contributed by atoms with Crippen molar-refractivity contribution in [1.29, 1.82) is 0 Å². The Morgan fingerprint density at radius 3 is 1.13 bits per heavy atom. The summed E-state index contributed by atoms with van der Waals surface area (Å²) in [4.78, 5) is 242. The van der Waals surface area contributed by atoms with Crippen LogP contribution in [0.3, 0.4) is 0 Å². The van der Waals surface area contributed by atoms with Crippen LogP contribution in [-0.2, 0) is 92.7 Å². The van der Waals surface area contributed by atoms with E-state index >= 15 is 0 Å². The maximum absolute atomic E-state index is 14.3. The van der Waals surface area contributed by atoms with Crippen LogP contribution in [0.5, 0.6) is 0 Å². The zero-order valence-electron chi connectivity index (χ0n) is 84.2. The number of likely N-dealkylation sites (tertiary alicyclic amines) is 3. The number of carbonyl (C=O) groups excluding carboxylic acids is 18. The lowest BCUT2D eigenvalue weighted by Gasteiger charge is -2.39. The second-order valence-corrected chi connectivity index (χ2v) is 46.0. The number of ether oxygens (including phenoxy) is 3. The molecule has 138 heavy (non-hydrogen) atoms. The first-order chi connectivity index (χ1) is 64.2. The fourth-order valence-electron chi connectivity index (χ4n) is 20.9. The molecule has 2 aromatic rings. The molecule has 2 aromatic carbocycles. The summed E-state index contributed by atoms with van der Waals surface area (Å²) in [6, 6.07) is 4.70. The van der Waals surface area contributed by atoms with Gasteiger partial charge in [0, 0.05) is 19.6 Å². The zero-order valence-corrected chi connectivity index (χ0v) is 84.2. The van der Waals surface area contributed by atoms with Crippen molar-refractivity contribution in [3.05, 3.63) is 84.4 Å². The summed E-state index contributed by atoms with van der Waals surface area (Å²) in [5, 5.41) is 24.9. The monoisotopic (exact) mass is 1920 g/mol. The summed E-state index contributed by atoms with van der Waals surface area (Å²) in [5.74, 6) is -10.3. The molecule has 7 saturated carbocycles. The first kappa shape index (κ1) is 109. The minimum Gasteiger partial charge on any atom is -0.460 e. The van der Waals surface area contributed by atoms with Gasteiger partial charge in [-0.2, -0.15) is 0 Å². The van der Waals surface area contributed by atoms with Crippen LogP contribution in [0.4, 0.5) is 14.4 Å². The fraction of sp³-hybridized carbons (Fsp3) is 0.686. The van der Waals surface area contributed by atoms with Gasteiger partial charge in [-0.3, -0.25) is 57.5 Å². The van der Waals surface area contributed by atoms with Crippen LogP contribution in [0.25, 0.3) is 0 Å². The summed E-state index contributed by atoms with van der Waals surface area (Å²) in [7, 11) is 0. The van der Waals surface area contributed by atoms with Crippen molar-refractivity contribution in [1.82, 2.24) is 62.6 Å². The minimum atomic E-state index is -1.21. The van der Waals surface area contributed by atoms with Crippen LogP contribution in [0.15, 0.2) is 73.3 Å². The van der Waals surface area contributed by atoms with Gasteiger partial charge >= 0.3 is 36.0 Å². The highest BCUT2D eigenvalue weighted by atomic mass is 16.6. The maximum Gasteiger partial charge on any atom is 0.333 e. The molecule has 3 unspecified atom stereocenters. The molecule has 7 aliphatic carbocycles. The number of rotatable bonds is 37. The Balaban J connectivity index is 0.000000214. The molecule has 760 valence electrons. The van der Waals surface area contributed by atoms with Gasteiger partial charge in [-0.05, 0) is 156 Å². The summed E-state index contributed by atoms with van der Waals surface area (Å²) < 4.78 is 16.4. The van der Waals surface area contributed by atoms with Gasteiger partial charge in [-0.1, -0.05) is 262 Å². The molecular weight excluding hydrogens is 1770 g/mol. The summed E-state index contributed by atoms with van der Waals surface area (Å²) in [5.41, 5.74) is 12.3. The summed E-state index contributed by atoms with van der Waals surface area (Å²) in [6.07, 6.45) is 12.8. The maximum atomic E-state index is 14.3. The Morgan fingerprint density at radius 1 is 0.449 bits per heavy atom. The highest BCUT2D eigenvalue weighted by molar-refractivity contribution is 6.39. The van der Waals surface area contributed by atoms with Gasteiger partial charge in [0.25, 0.3) is 17.7 Å². The van der Waals surface area contributed by atoms with Crippen molar-refractivity contribution in [2.45, 2.75) is 325 Å². The second-order valence-electron chi connectivity index (χ2n) is 46.0. The van der Waals surface area contributed by atoms with Crippen LogP contribution in [0, 0.1) is 91.7 Å². The number of nitrogens with two attached hydrogens (primary N) is 3. The number of amides is 15. The molecule has 18 atom stereocenters. The number of fused-ring (bicyclic) bond motifs is 3. The number of esters is 3. The summed E-state index contributed by atoms with van der Waals surface area (Å²) >= 11 is 0. The Bertz CT molecular complexity index is 4910. The Morgan fingerprint density at radius 2 is 0.804 bits per heavy atom. The SMILES string of the molecule is C=CCOC(=O)C1(NC(=O)N[C@H](C(=O)N2C[C@H]3[C@@H]([C@H]2C(=O)NC(CC2CC2)C(=O)C(N)=O)C3(C)C)C(C)(C)C)CCCCC1.CC(C)(C)OC(=O)[C@H](NC(=O)N[C@H](C(=O)N1C[C@H]2[C@@H]([C@H]1C(=O)NC(CC1CCC1)C(=O)C(N)=O)C2(C)C)C(C)(C)C)c1ccccc1.CC[C@@H](C)[C@H](NC(=O)N[C@H](C(=O)N1C[C@H]2[C@@H]([C@H]1C(=O)NC(CC1CC1)C(=O)C(N)=O)C2(C)C)C(C)(C)C)C(=O)OCc1ccccc1. The van der Waals surface area contributed by atoms with Gasteiger partial charge in [0.05, 0.1) is 18.1 Å². The van der Waals surface area contributed by atoms with Crippen molar-refractivity contribution >= 4 is 107 Å². The van der Waals surface area contributed by atoms with Crippen molar-refractivity contribution < 1.29 is 101 Å². The van der Waals surface area contributed by atoms with Gasteiger partial charge in [0.2, 0.25) is 52.8 Å². The van der Waals surface area contributed by atoms with E-state index in [1.165, 1.54) is 20.8 Å². The van der Waals surface area contributed by atoms with Gasteiger partial charge in [0.1, 0.15) is 66.6 Å². The molecule has 3 aliphatic heterocycles. The number of urea groups is 3. The Labute approximate surface area is 810 Å². The van der Waals surface area contributed by atoms with E-state index in [9.17, 15) is 86.3 Å². The molecule has 36 nitrogen and oxygen atoms in total. The van der Waals surface area contributed by atoms with E-state index in [-0.39, 0.29) is 88.6 Å².